The molecule has 0 bridgehead atoms. The minimum Gasteiger partial charge on any atom is -0.334 e. The van der Waals surface area contributed by atoms with Crippen LogP contribution in [0.15, 0.2) is 54.9 Å². The van der Waals surface area contributed by atoms with E-state index in [1.165, 1.54) is 4.90 Å². The van der Waals surface area contributed by atoms with Crippen LogP contribution in [0.3, 0.4) is 0 Å². The van der Waals surface area contributed by atoms with Crippen molar-refractivity contribution in [2.75, 3.05) is 4.90 Å². The van der Waals surface area contributed by atoms with Crippen LogP contribution in [0.4, 0.5) is 10.5 Å². The number of amides is 3. The number of hydrogen-bond acceptors (Lipinski definition) is 5. The fraction of sp³-hybridized carbons (Fsp3) is 0.296. The highest BCUT2D eigenvalue weighted by atomic mass is 35.5. The van der Waals surface area contributed by atoms with E-state index in [9.17, 15) is 9.59 Å². The minimum absolute atomic E-state index is 0.0862. The topological polar surface area (TPSA) is 93.0 Å². The van der Waals surface area contributed by atoms with Crippen molar-refractivity contribution < 1.29 is 9.59 Å². The summed E-state index contributed by atoms with van der Waals surface area (Å²) >= 11 is 6.76. The summed E-state index contributed by atoms with van der Waals surface area (Å²) < 4.78 is 1.76. The lowest BCUT2D eigenvalue weighted by Crippen LogP contribution is -2.61. The van der Waals surface area contributed by atoms with Crippen LogP contribution in [-0.4, -0.2) is 38.0 Å². The summed E-state index contributed by atoms with van der Waals surface area (Å²) in [4.78, 5) is 32.5. The number of benzene rings is 2. The summed E-state index contributed by atoms with van der Waals surface area (Å²) in [5.41, 5.74) is 4.29. The average molecular weight is 501 g/mol. The number of carbonyl (C=O) groups excluding carboxylic acids is 2. The summed E-state index contributed by atoms with van der Waals surface area (Å²) in [6, 6.07) is 12.8. The molecule has 3 unspecified atom stereocenters. The van der Waals surface area contributed by atoms with Gasteiger partial charge in [0.05, 0.1) is 29.2 Å². The van der Waals surface area contributed by atoms with Gasteiger partial charge in [-0.3, -0.25) is 9.78 Å². The highest BCUT2D eigenvalue weighted by Crippen LogP contribution is 2.45. The van der Waals surface area contributed by atoms with Crippen molar-refractivity contribution in [1.29, 1.82) is 0 Å². The molecule has 36 heavy (non-hydrogen) atoms. The van der Waals surface area contributed by atoms with Crippen LogP contribution in [0, 0.1) is 12.8 Å². The monoisotopic (exact) mass is 500 g/mol. The molecule has 2 aromatic carbocycles. The van der Waals surface area contributed by atoms with E-state index in [4.69, 9.17) is 11.6 Å². The molecule has 2 aliphatic rings. The largest absolute Gasteiger partial charge is 0.334 e. The summed E-state index contributed by atoms with van der Waals surface area (Å²) in [7, 11) is 1.87. The van der Waals surface area contributed by atoms with E-state index in [2.05, 4.69) is 20.6 Å². The SMILES string of the molecule is Cc1nnn(C)c1-c1cccc(Cl)c1C1CCC2C(=O)N(c3cncc4ccccc34)C(=O)NC2C1. The van der Waals surface area contributed by atoms with E-state index in [0.29, 0.717) is 23.6 Å². The van der Waals surface area contributed by atoms with Gasteiger partial charge in [0.1, 0.15) is 0 Å². The summed E-state index contributed by atoms with van der Waals surface area (Å²) in [6.07, 6.45) is 5.39. The van der Waals surface area contributed by atoms with Crippen LogP contribution in [0.25, 0.3) is 22.0 Å². The van der Waals surface area contributed by atoms with Crippen LogP contribution in [-0.2, 0) is 11.8 Å². The molecule has 182 valence electrons. The first kappa shape index (κ1) is 22.7. The normalized spacial score (nSPS) is 22.0. The number of urea groups is 1. The molecular formula is C27H25ClN6O2. The molecule has 2 fully saturated rings. The summed E-state index contributed by atoms with van der Waals surface area (Å²) in [5, 5.41) is 13.9. The molecule has 0 spiro atoms. The number of carbonyl (C=O) groups is 2. The lowest BCUT2D eigenvalue weighted by Gasteiger charge is -2.43. The molecule has 9 heteroatoms. The number of anilines is 1. The third-order valence-corrected chi connectivity index (χ3v) is 7.83. The Morgan fingerprint density at radius 2 is 1.89 bits per heavy atom. The average Bonchev–Trinajstić information content (AvgIpc) is 3.21. The van der Waals surface area contributed by atoms with Crippen molar-refractivity contribution in [3.8, 4) is 11.3 Å². The van der Waals surface area contributed by atoms with E-state index < -0.39 is 6.03 Å². The maximum absolute atomic E-state index is 13.7. The van der Waals surface area contributed by atoms with Gasteiger partial charge in [-0.1, -0.05) is 53.2 Å². The van der Waals surface area contributed by atoms with Crippen molar-refractivity contribution in [1.82, 2.24) is 25.3 Å². The number of fused-ring (bicyclic) bond motifs is 2. The lowest BCUT2D eigenvalue weighted by atomic mass is 9.73. The zero-order valence-electron chi connectivity index (χ0n) is 20.0. The Bertz CT molecular complexity index is 1490. The Kier molecular flexibility index (Phi) is 5.48. The van der Waals surface area contributed by atoms with Crippen LogP contribution >= 0.6 is 11.6 Å². The van der Waals surface area contributed by atoms with Gasteiger partial charge in [-0.15, -0.1) is 5.10 Å². The molecular weight excluding hydrogens is 476 g/mol. The Labute approximate surface area is 213 Å². The van der Waals surface area contributed by atoms with Crippen molar-refractivity contribution in [2.45, 2.75) is 38.1 Å². The first-order chi connectivity index (χ1) is 17.4. The van der Waals surface area contributed by atoms with Gasteiger partial charge in [0.2, 0.25) is 5.91 Å². The van der Waals surface area contributed by atoms with E-state index in [1.807, 2.05) is 56.4 Å². The second kappa shape index (κ2) is 8.71. The zero-order chi connectivity index (χ0) is 25.0. The maximum atomic E-state index is 13.7. The Morgan fingerprint density at radius 1 is 1.06 bits per heavy atom. The predicted molar refractivity (Wildman–Crippen MR) is 138 cm³/mol. The van der Waals surface area contributed by atoms with Gasteiger partial charge in [0, 0.05) is 40.6 Å². The Morgan fingerprint density at radius 3 is 2.69 bits per heavy atom. The second-order valence-corrected chi connectivity index (χ2v) is 9.98. The predicted octanol–water partition coefficient (Wildman–Crippen LogP) is 5.00. The number of aromatic nitrogens is 4. The molecule has 1 aliphatic heterocycles. The number of nitrogens with zero attached hydrogens (tertiary/aromatic N) is 5. The number of hydrogen-bond donors (Lipinski definition) is 1. The molecule has 8 nitrogen and oxygen atoms in total. The maximum Gasteiger partial charge on any atom is 0.329 e. The quantitative estimate of drug-likeness (QED) is 0.427. The van der Waals surface area contributed by atoms with Crippen molar-refractivity contribution in [2.24, 2.45) is 13.0 Å². The van der Waals surface area contributed by atoms with E-state index in [-0.39, 0.29) is 23.8 Å². The molecule has 3 heterocycles. The van der Waals surface area contributed by atoms with Crippen molar-refractivity contribution >= 4 is 40.0 Å². The first-order valence-electron chi connectivity index (χ1n) is 12.1. The molecule has 1 N–H and O–H groups in total. The molecule has 1 saturated carbocycles. The third kappa shape index (κ3) is 3.55. The van der Waals surface area contributed by atoms with Crippen molar-refractivity contribution in [3.63, 3.8) is 0 Å². The Balaban J connectivity index is 1.32. The van der Waals surface area contributed by atoms with Gasteiger partial charge in [-0.25, -0.2) is 14.4 Å². The lowest BCUT2D eigenvalue weighted by molar-refractivity contribution is -0.124. The molecule has 0 radical (unpaired) electrons. The van der Waals surface area contributed by atoms with Crippen LogP contribution in [0.5, 0.6) is 0 Å². The zero-order valence-corrected chi connectivity index (χ0v) is 20.7. The molecule has 3 atom stereocenters. The summed E-state index contributed by atoms with van der Waals surface area (Å²) in [5.74, 6) is -0.390. The molecule has 6 rings (SSSR count). The number of rotatable bonds is 3. The van der Waals surface area contributed by atoms with Crippen LogP contribution < -0.4 is 10.2 Å². The van der Waals surface area contributed by atoms with Crippen LogP contribution in [0.1, 0.15) is 36.4 Å². The molecule has 1 aliphatic carbocycles. The van der Waals surface area contributed by atoms with E-state index in [1.54, 1.807) is 17.1 Å². The van der Waals surface area contributed by atoms with Gasteiger partial charge in [0.25, 0.3) is 0 Å². The second-order valence-electron chi connectivity index (χ2n) is 9.57. The number of halogens is 1. The van der Waals surface area contributed by atoms with Gasteiger partial charge < -0.3 is 5.32 Å². The highest BCUT2D eigenvalue weighted by molar-refractivity contribution is 6.31. The number of pyridine rings is 1. The molecule has 1 saturated heterocycles. The Hall–Kier alpha value is -3.78. The van der Waals surface area contributed by atoms with Crippen molar-refractivity contribution in [3.05, 3.63) is 71.1 Å². The first-order valence-corrected chi connectivity index (χ1v) is 12.4. The van der Waals surface area contributed by atoms with Gasteiger partial charge in [0.15, 0.2) is 0 Å². The number of nitrogens with one attached hydrogen (secondary N) is 1. The van der Waals surface area contributed by atoms with Gasteiger partial charge in [-0.2, -0.15) is 0 Å². The van der Waals surface area contributed by atoms with Gasteiger partial charge in [-0.05, 0) is 43.7 Å². The highest BCUT2D eigenvalue weighted by Gasteiger charge is 2.46. The standard InChI is InChI=1S/C27H25ClN6O2/c1-15-25(33(2)32-31-15)20-8-5-9-21(28)24(20)16-10-11-19-22(12-16)30-27(36)34(26(19)35)23-14-29-13-17-6-3-4-7-18(17)23/h3-9,13-14,16,19,22H,10-12H2,1-2H3,(H,30,36). The fourth-order valence-corrected chi connectivity index (χ4v) is 6.20. The molecule has 4 aromatic rings. The van der Waals surface area contributed by atoms with Gasteiger partial charge >= 0.3 is 6.03 Å². The third-order valence-electron chi connectivity index (χ3n) is 7.50. The molecule has 2 aromatic heterocycles. The fourth-order valence-electron chi connectivity index (χ4n) is 5.87. The number of aryl methyl sites for hydroxylation is 2. The number of imide groups is 1. The van der Waals surface area contributed by atoms with E-state index in [0.717, 1.165) is 39.7 Å². The summed E-state index contributed by atoms with van der Waals surface area (Å²) in [6.45, 7) is 1.93. The smallest absolute Gasteiger partial charge is 0.329 e. The van der Waals surface area contributed by atoms with Crippen LogP contribution in [0.2, 0.25) is 5.02 Å². The minimum atomic E-state index is -0.411. The van der Waals surface area contributed by atoms with E-state index >= 15 is 0 Å². The molecule has 3 amide bonds.